The molecule has 3 nitrogen and oxygen atoms in total. The van der Waals surface area contributed by atoms with Gasteiger partial charge in [0.15, 0.2) is 0 Å². The fraction of sp³-hybridized carbons (Fsp3) is 0.611. The maximum Gasteiger partial charge on any atom is 0.238 e. The minimum absolute atomic E-state index is 0.0880. The Bertz CT molecular complexity index is 476. The van der Waals surface area contributed by atoms with Crippen molar-refractivity contribution in [2.24, 2.45) is 0 Å². The summed E-state index contributed by atoms with van der Waals surface area (Å²) in [6, 6.07) is 6.64. The number of hydrogen-bond donors (Lipinski definition) is 1. The number of rotatable bonds is 4. The van der Waals surface area contributed by atoms with Gasteiger partial charge in [-0.25, -0.2) is 0 Å². The number of nitrogens with zero attached hydrogens (tertiary/aromatic N) is 1. The van der Waals surface area contributed by atoms with Gasteiger partial charge >= 0.3 is 0 Å². The minimum Gasteiger partial charge on any atom is -0.325 e. The summed E-state index contributed by atoms with van der Waals surface area (Å²) >= 11 is 0. The monoisotopic (exact) mass is 288 g/mol. The molecule has 1 aliphatic carbocycles. The van der Waals surface area contributed by atoms with Crippen LogP contribution in [0.25, 0.3) is 0 Å². The summed E-state index contributed by atoms with van der Waals surface area (Å²) in [6.45, 7) is 4.64. The number of likely N-dealkylation sites (N-methyl/N-ethyl adjacent to an activating group) is 1. The lowest BCUT2D eigenvalue weighted by atomic mass is 10.1. The number of aryl methyl sites for hydroxylation is 2. The molecule has 2 rings (SSSR count). The molecule has 1 aromatic rings. The van der Waals surface area contributed by atoms with Crippen LogP contribution >= 0.6 is 0 Å². The van der Waals surface area contributed by atoms with E-state index in [0.29, 0.717) is 12.6 Å². The zero-order valence-corrected chi connectivity index (χ0v) is 13.6. The molecule has 0 aliphatic heterocycles. The Hall–Kier alpha value is -1.35. The van der Waals surface area contributed by atoms with Crippen LogP contribution in [-0.4, -0.2) is 30.4 Å². The van der Waals surface area contributed by atoms with Crippen molar-refractivity contribution in [2.45, 2.75) is 58.4 Å². The van der Waals surface area contributed by atoms with Crippen LogP contribution in [0.2, 0.25) is 0 Å². The highest BCUT2D eigenvalue weighted by Gasteiger charge is 2.18. The third-order valence-electron chi connectivity index (χ3n) is 4.63. The van der Waals surface area contributed by atoms with E-state index in [1.54, 1.807) is 0 Å². The zero-order valence-electron chi connectivity index (χ0n) is 13.6. The molecule has 21 heavy (non-hydrogen) atoms. The average molecular weight is 288 g/mol. The first-order valence-electron chi connectivity index (χ1n) is 8.13. The molecule has 0 heterocycles. The van der Waals surface area contributed by atoms with Gasteiger partial charge < -0.3 is 5.32 Å². The molecule has 3 heteroatoms. The summed E-state index contributed by atoms with van der Waals surface area (Å²) in [5.41, 5.74) is 3.37. The Kier molecular flexibility index (Phi) is 5.80. The molecule has 1 N–H and O–H groups in total. The van der Waals surface area contributed by atoms with Gasteiger partial charge in [-0.3, -0.25) is 9.69 Å². The molecule has 0 unspecified atom stereocenters. The van der Waals surface area contributed by atoms with Crippen molar-refractivity contribution in [1.29, 1.82) is 0 Å². The van der Waals surface area contributed by atoms with E-state index in [-0.39, 0.29) is 5.91 Å². The highest BCUT2D eigenvalue weighted by atomic mass is 16.2. The predicted molar refractivity (Wildman–Crippen MR) is 88.7 cm³/mol. The Balaban J connectivity index is 1.86. The van der Waals surface area contributed by atoms with Crippen molar-refractivity contribution in [3.8, 4) is 0 Å². The Morgan fingerprint density at radius 2 is 1.81 bits per heavy atom. The first-order chi connectivity index (χ1) is 10.1. The number of carbonyl (C=O) groups excluding carboxylic acids is 1. The SMILES string of the molecule is Cc1ccc(NC(=O)CN(C)C2CCCCCC2)cc1C. The summed E-state index contributed by atoms with van der Waals surface area (Å²) in [6.07, 6.45) is 7.75. The van der Waals surface area contributed by atoms with Gasteiger partial charge in [0.05, 0.1) is 6.54 Å². The van der Waals surface area contributed by atoms with Crippen LogP contribution in [-0.2, 0) is 4.79 Å². The van der Waals surface area contributed by atoms with E-state index in [1.165, 1.54) is 49.7 Å². The van der Waals surface area contributed by atoms with Gasteiger partial charge in [-0.2, -0.15) is 0 Å². The molecule has 0 atom stereocenters. The van der Waals surface area contributed by atoms with Crippen LogP contribution in [0.5, 0.6) is 0 Å². The second-order valence-corrected chi connectivity index (χ2v) is 6.41. The van der Waals surface area contributed by atoms with E-state index in [0.717, 1.165) is 5.69 Å². The third kappa shape index (κ3) is 4.85. The van der Waals surface area contributed by atoms with Gasteiger partial charge in [0.25, 0.3) is 0 Å². The summed E-state index contributed by atoms with van der Waals surface area (Å²) < 4.78 is 0. The average Bonchev–Trinajstić information content (AvgIpc) is 2.72. The molecule has 0 saturated heterocycles. The number of hydrogen-bond acceptors (Lipinski definition) is 2. The number of amides is 1. The van der Waals surface area contributed by atoms with Crippen LogP contribution in [0.4, 0.5) is 5.69 Å². The van der Waals surface area contributed by atoms with E-state index in [1.807, 2.05) is 12.1 Å². The summed E-state index contributed by atoms with van der Waals surface area (Å²) in [4.78, 5) is 14.4. The second-order valence-electron chi connectivity index (χ2n) is 6.41. The lowest BCUT2D eigenvalue weighted by Gasteiger charge is -2.26. The predicted octanol–water partition coefficient (Wildman–Crippen LogP) is 3.90. The largest absolute Gasteiger partial charge is 0.325 e. The van der Waals surface area contributed by atoms with Gasteiger partial charge in [0, 0.05) is 11.7 Å². The second kappa shape index (κ2) is 7.60. The van der Waals surface area contributed by atoms with Crippen molar-refractivity contribution in [1.82, 2.24) is 4.90 Å². The number of benzene rings is 1. The summed E-state index contributed by atoms with van der Waals surface area (Å²) in [5, 5.41) is 3.01. The molecule has 0 aromatic heterocycles. The Morgan fingerprint density at radius 1 is 1.14 bits per heavy atom. The molecule has 0 bridgehead atoms. The molecule has 1 aliphatic rings. The minimum atomic E-state index is 0.0880. The van der Waals surface area contributed by atoms with E-state index < -0.39 is 0 Å². The van der Waals surface area contributed by atoms with Crippen LogP contribution in [0.3, 0.4) is 0 Å². The normalized spacial score (nSPS) is 16.8. The lowest BCUT2D eigenvalue weighted by molar-refractivity contribution is -0.117. The van der Waals surface area contributed by atoms with Crippen molar-refractivity contribution < 1.29 is 4.79 Å². The van der Waals surface area contributed by atoms with Crippen molar-refractivity contribution in [3.05, 3.63) is 29.3 Å². The Morgan fingerprint density at radius 3 is 2.43 bits per heavy atom. The number of anilines is 1. The molecular formula is C18H28N2O. The first-order valence-corrected chi connectivity index (χ1v) is 8.13. The van der Waals surface area contributed by atoms with Crippen molar-refractivity contribution >= 4 is 11.6 Å². The molecule has 1 saturated carbocycles. The zero-order chi connectivity index (χ0) is 15.2. The van der Waals surface area contributed by atoms with E-state index in [4.69, 9.17) is 0 Å². The highest BCUT2D eigenvalue weighted by molar-refractivity contribution is 5.92. The lowest BCUT2D eigenvalue weighted by Crippen LogP contribution is -2.37. The van der Waals surface area contributed by atoms with Crippen LogP contribution in [0.1, 0.15) is 49.7 Å². The fourth-order valence-corrected chi connectivity index (χ4v) is 3.07. The third-order valence-corrected chi connectivity index (χ3v) is 4.63. The molecular weight excluding hydrogens is 260 g/mol. The number of carbonyl (C=O) groups is 1. The molecule has 1 amide bonds. The van der Waals surface area contributed by atoms with Crippen molar-refractivity contribution in [3.63, 3.8) is 0 Å². The van der Waals surface area contributed by atoms with Gasteiger partial charge in [0.2, 0.25) is 5.91 Å². The van der Waals surface area contributed by atoms with Crippen LogP contribution < -0.4 is 5.32 Å². The number of nitrogens with one attached hydrogen (secondary N) is 1. The molecule has 1 fully saturated rings. The fourth-order valence-electron chi connectivity index (χ4n) is 3.07. The smallest absolute Gasteiger partial charge is 0.238 e. The molecule has 1 aromatic carbocycles. The van der Waals surface area contributed by atoms with E-state index in [9.17, 15) is 4.79 Å². The maximum absolute atomic E-state index is 12.2. The van der Waals surface area contributed by atoms with Gasteiger partial charge in [0.1, 0.15) is 0 Å². The topological polar surface area (TPSA) is 32.3 Å². The molecule has 116 valence electrons. The summed E-state index contributed by atoms with van der Waals surface area (Å²) in [7, 11) is 2.08. The maximum atomic E-state index is 12.2. The van der Waals surface area contributed by atoms with Crippen LogP contribution in [0, 0.1) is 13.8 Å². The van der Waals surface area contributed by atoms with E-state index in [2.05, 4.69) is 37.2 Å². The standard InChI is InChI=1S/C18H28N2O/c1-14-10-11-16(12-15(14)2)19-18(21)13-20(3)17-8-6-4-5-7-9-17/h10-12,17H,4-9,13H2,1-3H3,(H,19,21). The van der Waals surface area contributed by atoms with Gasteiger partial charge in [-0.05, 0) is 57.0 Å². The summed E-state index contributed by atoms with van der Waals surface area (Å²) in [5.74, 6) is 0.0880. The van der Waals surface area contributed by atoms with Gasteiger partial charge in [-0.1, -0.05) is 31.7 Å². The first kappa shape index (κ1) is 16.0. The quantitative estimate of drug-likeness (QED) is 0.852. The molecule has 0 spiro atoms. The van der Waals surface area contributed by atoms with Crippen molar-refractivity contribution in [2.75, 3.05) is 18.9 Å². The van der Waals surface area contributed by atoms with E-state index >= 15 is 0 Å². The van der Waals surface area contributed by atoms with Gasteiger partial charge in [-0.15, -0.1) is 0 Å². The van der Waals surface area contributed by atoms with Crippen LogP contribution in [0.15, 0.2) is 18.2 Å². The molecule has 0 radical (unpaired) electrons. The Labute approximate surface area is 128 Å². The highest BCUT2D eigenvalue weighted by Crippen LogP contribution is 2.21.